The van der Waals surface area contributed by atoms with E-state index in [0.717, 1.165) is 5.56 Å². The average molecular weight is 718 g/mol. The molecule has 13 heteroatoms. The van der Waals surface area contributed by atoms with Crippen LogP contribution in [0.4, 0.5) is 0 Å². The molecule has 4 aromatic rings. The Morgan fingerprint density at radius 1 is 0.872 bits per heavy atom. The number of nitrogens with zero attached hydrogens (tertiary/aromatic N) is 2. The fraction of sp³-hybridized carbons (Fsp3) is 0.265. The highest BCUT2D eigenvalue weighted by atomic mass is 35.5. The predicted octanol–water partition coefficient (Wildman–Crippen LogP) is 6.75. The number of ether oxygens (including phenoxy) is 5. The molecule has 1 aliphatic heterocycles. The Morgan fingerprint density at radius 3 is 2.30 bits per heavy atom. The Hall–Kier alpha value is -3.96. The first kappa shape index (κ1) is 34.4. The molecule has 1 atom stereocenters. The molecule has 0 amide bonds. The van der Waals surface area contributed by atoms with Crippen LogP contribution in [0.1, 0.15) is 43.5 Å². The number of esters is 1. The van der Waals surface area contributed by atoms with Crippen LogP contribution in [-0.4, -0.2) is 37.5 Å². The van der Waals surface area contributed by atoms with E-state index in [-0.39, 0.29) is 17.7 Å². The van der Waals surface area contributed by atoms with Crippen molar-refractivity contribution in [2.24, 2.45) is 4.99 Å². The van der Waals surface area contributed by atoms with Crippen molar-refractivity contribution in [1.29, 1.82) is 0 Å². The number of methoxy groups -OCH3 is 1. The fourth-order valence-corrected chi connectivity index (χ4v) is 6.56. The molecule has 9 nitrogen and oxygen atoms in total. The molecule has 0 saturated carbocycles. The van der Waals surface area contributed by atoms with Gasteiger partial charge in [0.25, 0.3) is 5.56 Å². The molecule has 0 aliphatic carbocycles. The zero-order valence-electron chi connectivity index (χ0n) is 26.0. The third kappa shape index (κ3) is 7.46. The molecule has 0 N–H and O–H groups in total. The van der Waals surface area contributed by atoms with Crippen LogP contribution < -0.4 is 33.8 Å². The number of carbonyl (C=O) groups is 1. The maximum atomic E-state index is 14.0. The summed E-state index contributed by atoms with van der Waals surface area (Å²) in [7, 11) is 1.28. The van der Waals surface area contributed by atoms with Gasteiger partial charge < -0.3 is 23.7 Å². The smallest absolute Gasteiger partial charge is 0.337 e. The van der Waals surface area contributed by atoms with Crippen LogP contribution in [0, 0.1) is 0 Å². The van der Waals surface area contributed by atoms with E-state index in [2.05, 4.69) is 4.99 Å². The minimum Gasteiger partial charge on any atom is -0.490 e. The van der Waals surface area contributed by atoms with E-state index in [4.69, 9.17) is 58.5 Å². The zero-order chi connectivity index (χ0) is 33.7. The van der Waals surface area contributed by atoms with Crippen LogP contribution in [0.3, 0.4) is 0 Å². The van der Waals surface area contributed by atoms with Gasteiger partial charge in [0.15, 0.2) is 27.8 Å². The standard InChI is InChI=1S/C34H31Cl3N2O7S/c1-5-43-26-11-9-21(16-27(26)44-6-2)30-22(33(41)42-4)17-38-34-39(30)32(40)29(47-34)15-20-13-25(37)31(28(14-20)45-7-3)46-18-19-8-10-23(35)24(36)12-19/h8-17,30H,5-7,18H2,1-4H3/b29-15-/t30-/m1/s1. The Labute approximate surface area is 290 Å². The lowest BCUT2D eigenvalue weighted by atomic mass is 9.97. The lowest BCUT2D eigenvalue weighted by Crippen LogP contribution is -2.39. The molecule has 0 radical (unpaired) electrons. The van der Waals surface area contributed by atoms with Gasteiger partial charge in [0.2, 0.25) is 0 Å². The van der Waals surface area contributed by atoms with E-state index >= 15 is 0 Å². The number of benzene rings is 3. The van der Waals surface area contributed by atoms with Gasteiger partial charge in [0, 0.05) is 6.20 Å². The summed E-state index contributed by atoms with van der Waals surface area (Å²) < 4.78 is 30.4. The minimum absolute atomic E-state index is 0.174. The molecule has 1 aromatic heterocycles. The van der Waals surface area contributed by atoms with Crippen LogP contribution in [-0.2, 0) is 16.1 Å². The molecule has 1 aliphatic rings. The largest absolute Gasteiger partial charge is 0.490 e. The fourth-order valence-electron chi connectivity index (χ4n) is 5.00. The molecule has 5 rings (SSSR count). The molecule has 0 fully saturated rings. The van der Waals surface area contributed by atoms with Crippen molar-refractivity contribution >= 4 is 58.2 Å². The van der Waals surface area contributed by atoms with Crippen molar-refractivity contribution in [3.05, 3.63) is 112 Å². The summed E-state index contributed by atoms with van der Waals surface area (Å²) >= 11 is 20.1. The van der Waals surface area contributed by atoms with Gasteiger partial charge in [-0.15, -0.1) is 0 Å². The molecular weight excluding hydrogens is 687 g/mol. The van der Waals surface area contributed by atoms with Crippen molar-refractivity contribution in [2.45, 2.75) is 33.4 Å². The number of fused-ring (bicyclic) bond motifs is 1. The monoisotopic (exact) mass is 716 g/mol. The van der Waals surface area contributed by atoms with E-state index < -0.39 is 12.0 Å². The summed E-state index contributed by atoms with van der Waals surface area (Å²) in [5.74, 6) is 1.20. The van der Waals surface area contributed by atoms with Crippen LogP contribution in [0.15, 0.2) is 70.1 Å². The van der Waals surface area contributed by atoms with Crippen LogP contribution in [0.2, 0.25) is 15.1 Å². The second-order valence-corrected chi connectivity index (χ2v) is 12.3. The summed E-state index contributed by atoms with van der Waals surface area (Å²) in [5.41, 5.74) is 1.87. The summed E-state index contributed by atoms with van der Waals surface area (Å²) in [6, 6.07) is 13.1. The van der Waals surface area contributed by atoms with Crippen molar-refractivity contribution in [1.82, 2.24) is 4.57 Å². The van der Waals surface area contributed by atoms with Gasteiger partial charge in [0.1, 0.15) is 6.61 Å². The number of hydrogen-bond donors (Lipinski definition) is 0. The van der Waals surface area contributed by atoms with Gasteiger partial charge in [0.05, 0.1) is 58.1 Å². The zero-order valence-corrected chi connectivity index (χ0v) is 29.1. The summed E-state index contributed by atoms with van der Waals surface area (Å²) in [6.07, 6.45) is 3.14. The van der Waals surface area contributed by atoms with Crippen LogP contribution >= 0.6 is 46.1 Å². The highest BCUT2D eigenvalue weighted by Crippen LogP contribution is 2.38. The lowest BCUT2D eigenvalue weighted by Gasteiger charge is -2.23. The Kier molecular flexibility index (Phi) is 11.2. The molecule has 0 saturated heterocycles. The van der Waals surface area contributed by atoms with Gasteiger partial charge in [-0.2, -0.15) is 0 Å². The van der Waals surface area contributed by atoms with Gasteiger partial charge in [-0.3, -0.25) is 9.36 Å². The highest BCUT2D eigenvalue weighted by Gasteiger charge is 2.31. The minimum atomic E-state index is -0.824. The quantitative estimate of drug-likeness (QED) is 0.150. The molecule has 0 unspecified atom stereocenters. The summed E-state index contributed by atoms with van der Waals surface area (Å²) in [4.78, 5) is 31.8. The maximum absolute atomic E-state index is 14.0. The molecule has 246 valence electrons. The summed E-state index contributed by atoms with van der Waals surface area (Å²) in [6.45, 7) is 6.96. The van der Waals surface area contributed by atoms with Gasteiger partial charge in [-0.25, -0.2) is 9.79 Å². The first-order chi connectivity index (χ1) is 22.7. The van der Waals surface area contributed by atoms with Crippen LogP contribution in [0.25, 0.3) is 6.08 Å². The number of hydrogen-bond acceptors (Lipinski definition) is 9. The number of halogens is 3. The number of carbonyl (C=O) groups excluding carboxylic acids is 1. The van der Waals surface area contributed by atoms with Crippen molar-refractivity contribution in [3.8, 4) is 23.0 Å². The molecular formula is C34H31Cl3N2O7S. The normalized spacial score (nSPS) is 14.1. The second-order valence-electron chi connectivity index (χ2n) is 10.0. The van der Waals surface area contributed by atoms with E-state index in [1.807, 2.05) is 20.8 Å². The second kappa shape index (κ2) is 15.3. The number of aromatic nitrogens is 1. The van der Waals surface area contributed by atoms with Gasteiger partial charge >= 0.3 is 5.97 Å². The van der Waals surface area contributed by atoms with Gasteiger partial charge in [-0.1, -0.05) is 58.3 Å². The SMILES string of the molecule is CCOc1ccc([C@@H]2C(C(=O)OC)=CN=c3s/c(=C\c4cc(Cl)c(OCc5ccc(Cl)c(Cl)c5)c(OCC)c4)c(=O)n32)cc1OCC. The molecule has 47 heavy (non-hydrogen) atoms. The van der Waals surface area contributed by atoms with Crippen molar-refractivity contribution in [2.75, 3.05) is 26.9 Å². The highest BCUT2D eigenvalue weighted by molar-refractivity contribution is 7.07. The van der Waals surface area contributed by atoms with E-state index in [1.54, 1.807) is 54.6 Å². The van der Waals surface area contributed by atoms with Gasteiger partial charge in [-0.05, 0) is 79.9 Å². The molecule has 0 spiro atoms. The van der Waals surface area contributed by atoms with Crippen molar-refractivity contribution < 1.29 is 28.5 Å². The molecule has 0 bridgehead atoms. The first-order valence-corrected chi connectivity index (χ1v) is 16.7. The third-order valence-corrected chi connectivity index (χ3v) is 9.02. The van der Waals surface area contributed by atoms with Crippen molar-refractivity contribution in [3.63, 3.8) is 0 Å². The predicted molar refractivity (Wildman–Crippen MR) is 183 cm³/mol. The first-order valence-electron chi connectivity index (χ1n) is 14.7. The Bertz CT molecular complexity index is 2020. The summed E-state index contributed by atoms with van der Waals surface area (Å²) in [5, 5.41) is 1.15. The topological polar surface area (TPSA) is 97.6 Å². The number of rotatable bonds is 12. The van der Waals surface area contributed by atoms with E-state index in [0.29, 0.717) is 78.3 Å². The number of thiazole rings is 1. The van der Waals surface area contributed by atoms with E-state index in [1.165, 1.54) is 29.2 Å². The Balaban J connectivity index is 1.56. The van der Waals surface area contributed by atoms with Crippen LogP contribution in [0.5, 0.6) is 23.0 Å². The van der Waals surface area contributed by atoms with E-state index in [9.17, 15) is 9.59 Å². The molecule has 3 aromatic carbocycles. The molecule has 2 heterocycles. The average Bonchev–Trinajstić information content (AvgIpc) is 3.37. The Morgan fingerprint density at radius 2 is 1.60 bits per heavy atom. The lowest BCUT2D eigenvalue weighted by molar-refractivity contribution is -0.136. The third-order valence-electron chi connectivity index (χ3n) is 7.00. The maximum Gasteiger partial charge on any atom is 0.337 e.